The molecule has 0 fully saturated rings. The lowest BCUT2D eigenvalue weighted by atomic mass is 10.3. The molecule has 3 aromatic rings. The number of unbranched alkanes of at least 4 members (excludes halogenated alkanes) is 1. The van der Waals surface area contributed by atoms with E-state index in [1.807, 2.05) is 0 Å². The summed E-state index contributed by atoms with van der Waals surface area (Å²) in [4.78, 5) is 0. The van der Waals surface area contributed by atoms with Crippen LogP contribution in [0.3, 0.4) is 0 Å². The summed E-state index contributed by atoms with van der Waals surface area (Å²) in [6.45, 7) is 0. The molecule has 0 radical (unpaired) electrons. The van der Waals surface area contributed by atoms with E-state index in [1.165, 1.54) is 22.1 Å². The Kier molecular flexibility index (Phi) is 5.56. The van der Waals surface area contributed by atoms with Crippen LogP contribution in [-0.4, -0.2) is 12.4 Å². The number of hydrogen-bond donors (Lipinski definition) is 1. The molecule has 1 nitrogen and oxygen atoms in total. The summed E-state index contributed by atoms with van der Waals surface area (Å²) in [6.07, 6.45) is 4.51. The zero-order valence-corrected chi connectivity index (χ0v) is 14.7. The number of nitrogens with one attached hydrogen (secondary N) is 1. The monoisotopic (exact) mass is 332 g/mol. The van der Waals surface area contributed by atoms with Crippen molar-refractivity contribution < 1.29 is 0 Å². The Hall–Kier alpha value is -2.24. The van der Waals surface area contributed by atoms with Crippen LogP contribution in [0.2, 0.25) is 0 Å². The van der Waals surface area contributed by atoms with Crippen molar-refractivity contribution in [2.24, 2.45) is 0 Å². The molecule has 1 N–H and O–H groups in total. The molecule has 0 saturated carbocycles. The summed E-state index contributed by atoms with van der Waals surface area (Å²) in [5.41, 5.74) is 0. The first-order valence-corrected chi connectivity index (χ1v) is 10.4. The predicted octanol–water partition coefficient (Wildman–Crippen LogP) is 4.41. The van der Waals surface area contributed by atoms with E-state index in [4.69, 9.17) is 5.41 Å². The van der Waals surface area contributed by atoms with Crippen LogP contribution in [0.1, 0.15) is 12.8 Å². The van der Waals surface area contributed by atoms with E-state index in [1.54, 1.807) is 0 Å². The third kappa shape index (κ3) is 3.32. The second-order valence-corrected chi connectivity index (χ2v) is 9.50. The summed E-state index contributed by atoms with van der Waals surface area (Å²) >= 11 is 0. The molecular weight excluding hydrogens is 309 g/mol. The van der Waals surface area contributed by atoms with Gasteiger partial charge in [0.1, 0.15) is 23.2 Å². The molecule has 0 unspecified atom stereocenters. The molecule has 3 rings (SSSR count). The molecule has 0 spiro atoms. The SMILES string of the molecule is N=CCCC[P+](c1ccccc1)(c1ccccc1)c1ccccc1. The summed E-state index contributed by atoms with van der Waals surface area (Å²) in [5, 5.41) is 11.7. The molecule has 0 aliphatic heterocycles. The molecule has 0 bridgehead atoms. The Balaban J connectivity index is 2.22. The topological polar surface area (TPSA) is 23.9 Å². The Morgan fingerprint density at radius 2 is 1.00 bits per heavy atom. The molecule has 24 heavy (non-hydrogen) atoms. The molecule has 0 amide bonds. The average molecular weight is 332 g/mol. The van der Waals surface area contributed by atoms with Gasteiger partial charge in [0, 0.05) is 0 Å². The lowest BCUT2D eigenvalue weighted by molar-refractivity contribution is 1.01. The quantitative estimate of drug-likeness (QED) is 0.376. The highest BCUT2D eigenvalue weighted by atomic mass is 31.2. The lowest BCUT2D eigenvalue weighted by Crippen LogP contribution is -2.33. The first-order valence-electron chi connectivity index (χ1n) is 8.42. The first kappa shape index (κ1) is 16.6. The second kappa shape index (κ2) is 8.04. The Morgan fingerprint density at radius 3 is 1.33 bits per heavy atom. The minimum absolute atomic E-state index is 0.842. The van der Waals surface area contributed by atoms with Gasteiger partial charge in [0.25, 0.3) is 0 Å². The van der Waals surface area contributed by atoms with Gasteiger partial charge in [-0.25, -0.2) is 0 Å². The maximum atomic E-state index is 7.41. The molecule has 120 valence electrons. The van der Waals surface area contributed by atoms with Crippen LogP contribution in [0, 0.1) is 5.41 Å². The number of rotatable bonds is 7. The molecule has 0 atom stereocenters. The lowest BCUT2D eigenvalue weighted by Gasteiger charge is -2.27. The first-order chi connectivity index (χ1) is 11.9. The standard InChI is InChI=1S/C22H23NP/c23-18-10-11-19-24(20-12-4-1-5-13-20,21-14-6-2-7-15-21)22-16-8-3-9-17-22/h1-9,12-18,23H,10-11,19H2/q+1. The van der Waals surface area contributed by atoms with Crippen molar-refractivity contribution in [1.29, 1.82) is 5.41 Å². The zero-order chi connectivity index (χ0) is 16.7. The van der Waals surface area contributed by atoms with Crippen molar-refractivity contribution in [2.75, 3.05) is 6.16 Å². The Bertz CT molecular complexity index is 657. The number of hydrogen-bond acceptors (Lipinski definition) is 1. The third-order valence-corrected chi connectivity index (χ3v) is 8.96. The van der Waals surface area contributed by atoms with Crippen LogP contribution in [0.5, 0.6) is 0 Å². The molecular formula is C22H23NP+. The molecule has 0 saturated heterocycles. The molecule has 0 aromatic heterocycles. The molecule has 2 heteroatoms. The summed E-state index contributed by atoms with van der Waals surface area (Å²) in [5.74, 6) is 0. The van der Waals surface area contributed by atoms with Crippen LogP contribution in [0.4, 0.5) is 0 Å². The fourth-order valence-electron chi connectivity index (χ4n) is 3.31. The second-order valence-electron chi connectivity index (χ2n) is 5.89. The molecule has 0 heterocycles. The van der Waals surface area contributed by atoms with Crippen LogP contribution < -0.4 is 15.9 Å². The fraction of sp³-hybridized carbons (Fsp3) is 0.136. The van der Waals surface area contributed by atoms with E-state index >= 15 is 0 Å². The van der Waals surface area contributed by atoms with Crippen LogP contribution in [0.15, 0.2) is 91.0 Å². The minimum Gasteiger partial charge on any atom is -0.313 e. The van der Waals surface area contributed by atoms with E-state index in [2.05, 4.69) is 91.0 Å². The van der Waals surface area contributed by atoms with Gasteiger partial charge >= 0.3 is 0 Å². The summed E-state index contributed by atoms with van der Waals surface area (Å²) in [6, 6.07) is 32.8. The van der Waals surface area contributed by atoms with Gasteiger partial charge in [-0.05, 0) is 55.5 Å². The maximum Gasteiger partial charge on any atom is 0.112 e. The molecule has 0 aliphatic carbocycles. The van der Waals surface area contributed by atoms with Crippen molar-refractivity contribution in [3.63, 3.8) is 0 Å². The van der Waals surface area contributed by atoms with Crippen molar-refractivity contribution in [3.05, 3.63) is 91.0 Å². The highest BCUT2D eigenvalue weighted by molar-refractivity contribution is 7.95. The van der Waals surface area contributed by atoms with Gasteiger partial charge in [0.2, 0.25) is 0 Å². The van der Waals surface area contributed by atoms with E-state index in [-0.39, 0.29) is 0 Å². The van der Waals surface area contributed by atoms with Crippen molar-refractivity contribution in [1.82, 2.24) is 0 Å². The van der Waals surface area contributed by atoms with Gasteiger partial charge in [-0.3, -0.25) is 0 Å². The largest absolute Gasteiger partial charge is 0.313 e. The Morgan fingerprint density at radius 1 is 0.625 bits per heavy atom. The summed E-state index contributed by atoms with van der Waals surface area (Å²) in [7, 11) is -1.69. The van der Waals surface area contributed by atoms with Crippen molar-refractivity contribution >= 4 is 29.4 Å². The van der Waals surface area contributed by atoms with Gasteiger partial charge in [0.15, 0.2) is 0 Å². The van der Waals surface area contributed by atoms with Gasteiger partial charge in [-0.1, -0.05) is 54.6 Å². The van der Waals surface area contributed by atoms with E-state index in [9.17, 15) is 0 Å². The van der Waals surface area contributed by atoms with E-state index < -0.39 is 7.26 Å². The van der Waals surface area contributed by atoms with Gasteiger partial charge in [0.05, 0.1) is 6.16 Å². The van der Waals surface area contributed by atoms with Crippen LogP contribution in [0.25, 0.3) is 0 Å². The van der Waals surface area contributed by atoms with Crippen molar-refractivity contribution in [3.8, 4) is 0 Å². The average Bonchev–Trinajstić information content (AvgIpc) is 2.68. The van der Waals surface area contributed by atoms with Gasteiger partial charge in [-0.2, -0.15) is 0 Å². The van der Waals surface area contributed by atoms with Crippen LogP contribution >= 0.6 is 7.26 Å². The zero-order valence-electron chi connectivity index (χ0n) is 13.8. The minimum atomic E-state index is -1.69. The van der Waals surface area contributed by atoms with Gasteiger partial charge in [-0.15, -0.1) is 0 Å². The van der Waals surface area contributed by atoms with E-state index in [0.29, 0.717) is 0 Å². The van der Waals surface area contributed by atoms with E-state index in [0.717, 1.165) is 19.0 Å². The normalized spacial score (nSPS) is 11.2. The fourth-order valence-corrected chi connectivity index (χ4v) is 7.68. The smallest absolute Gasteiger partial charge is 0.112 e. The maximum absolute atomic E-state index is 7.41. The summed E-state index contributed by atoms with van der Waals surface area (Å²) < 4.78 is 0. The highest BCUT2D eigenvalue weighted by Crippen LogP contribution is 2.55. The number of benzene rings is 3. The predicted molar refractivity (Wildman–Crippen MR) is 108 cm³/mol. The Labute approximate surface area is 145 Å². The highest BCUT2D eigenvalue weighted by Gasteiger charge is 2.44. The van der Waals surface area contributed by atoms with Crippen molar-refractivity contribution in [2.45, 2.75) is 12.8 Å². The molecule has 0 aliphatic rings. The third-order valence-electron chi connectivity index (χ3n) is 4.43. The molecule has 3 aromatic carbocycles. The van der Waals surface area contributed by atoms with Gasteiger partial charge < -0.3 is 5.41 Å². The van der Waals surface area contributed by atoms with Crippen LogP contribution in [-0.2, 0) is 0 Å².